The van der Waals surface area contributed by atoms with Crippen molar-refractivity contribution in [2.75, 3.05) is 13.3 Å². The minimum Gasteiger partial charge on any atom is -0.454 e. The van der Waals surface area contributed by atoms with E-state index in [4.69, 9.17) is 9.47 Å². The number of fused-ring (bicyclic) bond motifs is 2. The summed E-state index contributed by atoms with van der Waals surface area (Å²) in [6.45, 7) is 0.946. The molecule has 116 valence electrons. The molecule has 4 rings (SSSR count). The number of halogens is 1. The average Bonchev–Trinajstić information content (AvgIpc) is 3.00. The number of hydrogen-bond donors (Lipinski definition) is 1. The van der Waals surface area contributed by atoms with Crippen molar-refractivity contribution in [3.05, 3.63) is 65.0 Å². The van der Waals surface area contributed by atoms with E-state index in [0.29, 0.717) is 11.3 Å². The van der Waals surface area contributed by atoms with E-state index in [1.165, 1.54) is 24.3 Å². The molecular formula is C18H14FNO3. The van der Waals surface area contributed by atoms with Crippen molar-refractivity contribution in [1.82, 2.24) is 5.32 Å². The van der Waals surface area contributed by atoms with Crippen molar-refractivity contribution in [1.29, 1.82) is 0 Å². The third-order valence-corrected chi connectivity index (χ3v) is 3.98. The van der Waals surface area contributed by atoms with Crippen LogP contribution in [0.5, 0.6) is 11.5 Å². The fourth-order valence-corrected chi connectivity index (χ4v) is 2.85. The molecule has 5 heteroatoms. The topological polar surface area (TPSA) is 47.6 Å². The van der Waals surface area contributed by atoms with Crippen LogP contribution in [0.1, 0.15) is 21.5 Å². The molecule has 1 N–H and O–H groups in total. The van der Waals surface area contributed by atoms with Crippen LogP contribution in [0.3, 0.4) is 0 Å². The Labute approximate surface area is 132 Å². The van der Waals surface area contributed by atoms with Crippen molar-refractivity contribution >= 4 is 11.5 Å². The number of allylic oxidation sites excluding steroid dienone is 1. The monoisotopic (exact) mass is 311 g/mol. The number of carbonyl (C=O) groups is 1. The molecular weight excluding hydrogens is 297 g/mol. The molecule has 2 aliphatic heterocycles. The van der Waals surface area contributed by atoms with Gasteiger partial charge in [0.1, 0.15) is 5.82 Å². The van der Waals surface area contributed by atoms with Gasteiger partial charge in [0.05, 0.1) is 0 Å². The summed E-state index contributed by atoms with van der Waals surface area (Å²) in [6.07, 6.45) is 2.35. The van der Waals surface area contributed by atoms with Crippen molar-refractivity contribution in [2.45, 2.75) is 6.42 Å². The van der Waals surface area contributed by atoms with Crippen LogP contribution in [-0.2, 0) is 6.42 Å². The lowest BCUT2D eigenvalue weighted by Crippen LogP contribution is -2.23. The van der Waals surface area contributed by atoms with Gasteiger partial charge >= 0.3 is 0 Å². The second kappa shape index (κ2) is 5.43. The molecule has 2 aromatic carbocycles. The molecule has 0 bridgehead atoms. The molecule has 23 heavy (non-hydrogen) atoms. The standard InChI is InChI=1S/C18H14FNO3/c19-13-3-1-2-12(6-13)16(21)9-15-14-8-18-17(22-10-23-18)7-11(14)4-5-20-15/h1-3,6-9,20H,4-5,10H2. The first-order valence-electron chi connectivity index (χ1n) is 7.39. The Morgan fingerprint density at radius 3 is 2.83 bits per heavy atom. The molecule has 4 nitrogen and oxygen atoms in total. The lowest BCUT2D eigenvalue weighted by atomic mass is 9.96. The van der Waals surface area contributed by atoms with E-state index in [2.05, 4.69) is 5.32 Å². The van der Waals surface area contributed by atoms with Crippen molar-refractivity contribution in [3.8, 4) is 11.5 Å². The summed E-state index contributed by atoms with van der Waals surface area (Å²) in [5, 5.41) is 3.23. The number of hydrogen-bond acceptors (Lipinski definition) is 4. The lowest BCUT2D eigenvalue weighted by Gasteiger charge is -2.21. The van der Waals surface area contributed by atoms with Gasteiger partial charge in [-0.25, -0.2) is 4.39 Å². The van der Waals surface area contributed by atoms with Crippen LogP contribution >= 0.6 is 0 Å². The highest BCUT2D eigenvalue weighted by molar-refractivity contribution is 6.08. The van der Waals surface area contributed by atoms with Crippen LogP contribution in [-0.4, -0.2) is 19.1 Å². The molecule has 0 aromatic heterocycles. The van der Waals surface area contributed by atoms with Gasteiger partial charge in [-0.05, 0) is 36.2 Å². The van der Waals surface area contributed by atoms with Gasteiger partial charge in [0.25, 0.3) is 0 Å². The third-order valence-electron chi connectivity index (χ3n) is 3.98. The molecule has 0 amide bonds. The number of benzene rings is 2. The fraction of sp³-hybridized carbons (Fsp3) is 0.167. The number of ether oxygens (including phenoxy) is 2. The Morgan fingerprint density at radius 2 is 2.00 bits per heavy atom. The molecule has 2 aromatic rings. The zero-order valence-corrected chi connectivity index (χ0v) is 12.3. The first kappa shape index (κ1) is 13.8. The van der Waals surface area contributed by atoms with Gasteiger partial charge in [0, 0.05) is 29.4 Å². The van der Waals surface area contributed by atoms with E-state index >= 15 is 0 Å². The summed E-state index contributed by atoms with van der Waals surface area (Å²) in [5.41, 5.74) is 3.07. The minimum atomic E-state index is -0.422. The smallest absolute Gasteiger partial charge is 0.231 e. The van der Waals surface area contributed by atoms with Gasteiger partial charge in [0.15, 0.2) is 17.3 Å². The van der Waals surface area contributed by atoms with Crippen molar-refractivity contribution < 1.29 is 18.7 Å². The summed E-state index contributed by atoms with van der Waals surface area (Å²) in [4.78, 5) is 12.4. The van der Waals surface area contributed by atoms with Crippen molar-refractivity contribution in [3.63, 3.8) is 0 Å². The Hall–Kier alpha value is -2.82. The molecule has 0 unspecified atom stereocenters. The van der Waals surface area contributed by atoms with E-state index < -0.39 is 5.82 Å². The predicted molar refractivity (Wildman–Crippen MR) is 83.0 cm³/mol. The zero-order valence-electron chi connectivity index (χ0n) is 12.3. The van der Waals surface area contributed by atoms with Crippen LogP contribution in [0.2, 0.25) is 0 Å². The second-order valence-electron chi connectivity index (χ2n) is 5.47. The molecule has 0 radical (unpaired) electrons. The normalized spacial score (nSPS) is 16.8. The van der Waals surface area contributed by atoms with Crippen LogP contribution in [0.15, 0.2) is 42.5 Å². The fourth-order valence-electron chi connectivity index (χ4n) is 2.85. The average molecular weight is 311 g/mol. The predicted octanol–water partition coefficient (Wildman–Crippen LogP) is 2.92. The first-order chi connectivity index (χ1) is 11.2. The highest BCUT2D eigenvalue weighted by Gasteiger charge is 2.22. The number of nitrogens with one attached hydrogen (secondary N) is 1. The molecule has 0 saturated heterocycles. The van der Waals surface area contributed by atoms with Gasteiger partial charge in [-0.3, -0.25) is 4.79 Å². The molecule has 0 saturated carbocycles. The van der Waals surface area contributed by atoms with Crippen LogP contribution < -0.4 is 14.8 Å². The van der Waals surface area contributed by atoms with E-state index in [9.17, 15) is 9.18 Å². The second-order valence-corrected chi connectivity index (χ2v) is 5.47. The quantitative estimate of drug-likeness (QED) is 0.684. The Morgan fingerprint density at radius 1 is 1.17 bits per heavy atom. The minimum absolute atomic E-state index is 0.215. The SMILES string of the molecule is O=C(C=C1NCCc2cc3c(cc21)OCO3)c1cccc(F)c1. The summed E-state index contributed by atoms with van der Waals surface area (Å²) in [6, 6.07) is 9.53. The van der Waals surface area contributed by atoms with Crippen LogP contribution in [0.25, 0.3) is 5.70 Å². The van der Waals surface area contributed by atoms with E-state index in [0.717, 1.165) is 35.5 Å². The van der Waals surface area contributed by atoms with Gasteiger partial charge in [-0.1, -0.05) is 12.1 Å². The van der Waals surface area contributed by atoms with E-state index in [-0.39, 0.29) is 12.6 Å². The Bertz CT molecular complexity index is 829. The first-order valence-corrected chi connectivity index (χ1v) is 7.39. The van der Waals surface area contributed by atoms with Crippen LogP contribution in [0.4, 0.5) is 4.39 Å². The molecule has 0 spiro atoms. The molecule has 2 aliphatic rings. The van der Waals surface area contributed by atoms with Gasteiger partial charge in [-0.2, -0.15) is 0 Å². The molecule has 2 heterocycles. The highest BCUT2D eigenvalue weighted by Crippen LogP contribution is 2.38. The highest BCUT2D eigenvalue weighted by atomic mass is 19.1. The largest absolute Gasteiger partial charge is 0.454 e. The lowest BCUT2D eigenvalue weighted by molar-refractivity contribution is 0.104. The van der Waals surface area contributed by atoms with Gasteiger partial charge < -0.3 is 14.8 Å². The molecule has 0 atom stereocenters. The number of ketones is 1. The van der Waals surface area contributed by atoms with Gasteiger partial charge in [-0.15, -0.1) is 0 Å². The molecule has 0 aliphatic carbocycles. The number of rotatable bonds is 2. The Balaban J connectivity index is 1.72. The van der Waals surface area contributed by atoms with E-state index in [1.54, 1.807) is 6.07 Å². The van der Waals surface area contributed by atoms with E-state index in [1.807, 2.05) is 12.1 Å². The summed E-state index contributed by atoms with van der Waals surface area (Å²) >= 11 is 0. The number of carbonyl (C=O) groups excluding carboxylic acids is 1. The van der Waals surface area contributed by atoms with Gasteiger partial charge in [0.2, 0.25) is 6.79 Å². The Kier molecular flexibility index (Phi) is 3.26. The summed E-state index contributed by atoms with van der Waals surface area (Å²) < 4.78 is 24.1. The maximum absolute atomic E-state index is 13.3. The maximum atomic E-state index is 13.3. The zero-order chi connectivity index (χ0) is 15.8. The van der Waals surface area contributed by atoms with Crippen LogP contribution in [0, 0.1) is 5.82 Å². The summed E-state index contributed by atoms with van der Waals surface area (Å²) in [7, 11) is 0. The summed E-state index contributed by atoms with van der Waals surface area (Å²) in [5.74, 6) is 0.755. The maximum Gasteiger partial charge on any atom is 0.231 e. The third kappa shape index (κ3) is 2.54. The molecule has 0 fully saturated rings. The van der Waals surface area contributed by atoms with Crippen molar-refractivity contribution in [2.24, 2.45) is 0 Å².